The number of carbonyl (C=O) groups is 1. The van der Waals surface area contributed by atoms with Crippen molar-refractivity contribution in [3.63, 3.8) is 0 Å². The van der Waals surface area contributed by atoms with Crippen LogP contribution in [-0.2, 0) is 9.53 Å². The van der Waals surface area contributed by atoms with E-state index in [-0.39, 0.29) is 24.2 Å². The van der Waals surface area contributed by atoms with Crippen molar-refractivity contribution in [3.8, 4) is 0 Å². The molecule has 0 spiro atoms. The first-order chi connectivity index (χ1) is 9.59. The van der Waals surface area contributed by atoms with Crippen LogP contribution in [0.4, 0.5) is 0 Å². The van der Waals surface area contributed by atoms with Crippen molar-refractivity contribution < 1.29 is 14.6 Å². The molecule has 0 aromatic carbocycles. The Labute approximate surface area is 134 Å². The highest BCUT2D eigenvalue weighted by Crippen LogP contribution is 2.29. The number of hydrogen-bond acceptors (Lipinski definition) is 4. The summed E-state index contributed by atoms with van der Waals surface area (Å²) < 4.78 is 5.25. The van der Waals surface area contributed by atoms with Crippen LogP contribution in [0.1, 0.15) is 39.5 Å². The molecule has 126 valence electrons. The largest absolute Gasteiger partial charge is 0.391 e. The molecule has 3 N–H and O–H groups in total. The van der Waals surface area contributed by atoms with Gasteiger partial charge in [-0.3, -0.25) is 4.79 Å². The Balaban J connectivity index is 0.00000400. The summed E-state index contributed by atoms with van der Waals surface area (Å²) in [6.07, 6.45) is 2.97. The number of nitrogens with one attached hydrogen (secondary N) is 2. The minimum atomic E-state index is -0.463. The van der Waals surface area contributed by atoms with Crippen molar-refractivity contribution >= 4 is 18.3 Å². The monoisotopic (exact) mass is 322 g/mol. The summed E-state index contributed by atoms with van der Waals surface area (Å²) in [5.41, 5.74) is -0.437. The van der Waals surface area contributed by atoms with Crippen LogP contribution in [0.5, 0.6) is 0 Å². The van der Waals surface area contributed by atoms with Crippen LogP contribution in [0.3, 0.4) is 0 Å². The molecule has 1 fully saturated rings. The fraction of sp³-hybridized carbons (Fsp3) is 0.933. The molecule has 0 aromatic rings. The number of aliphatic hydroxyl groups is 1. The molecule has 1 heterocycles. The zero-order valence-corrected chi connectivity index (χ0v) is 14.3. The Morgan fingerprint density at radius 3 is 2.38 bits per heavy atom. The van der Waals surface area contributed by atoms with Gasteiger partial charge in [-0.15, -0.1) is 12.4 Å². The summed E-state index contributed by atoms with van der Waals surface area (Å²) in [6.45, 7) is 6.60. The molecule has 1 saturated heterocycles. The van der Waals surface area contributed by atoms with Crippen LogP contribution in [0, 0.1) is 11.3 Å². The van der Waals surface area contributed by atoms with Gasteiger partial charge in [0, 0.05) is 13.7 Å². The van der Waals surface area contributed by atoms with E-state index in [9.17, 15) is 9.90 Å². The number of aliphatic hydroxyl groups excluding tert-OH is 1. The van der Waals surface area contributed by atoms with Gasteiger partial charge in [0.25, 0.3) is 0 Å². The summed E-state index contributed by atoms with van der Waals surface area (Å²) in [7, 11) is 1.64. The van der Waals surface area contributed by atoms with Gasteiger partial charge in [0.2, 0.25) is 5.91 Å². The average Bonchev–Trinajstić information content (AvgIpc) is 2.47. The number of piperidine rings is 1. The van der Waals surface area contributed by atoms with Crippen LogP contribution in [0.2, 0.25) is 0 Å². The highest BCUT2D eigenvalue weighted by Gasteiger charge is 2.39. The zero-order valence-electron chi connectivity index (χ0n) is 13.5. The van der Waals surface area contributed by atoms with Crippen LogP contribution in [0.25, 0.3) is 0 Å². The molecular weight excluding hydrogens is 292 g/mol. The Hall–Kier alpha value is -0.360. The molecule has 1 unspecified atom stereocenters. The lowest BCUT2D eigenvalue weighted by Crippen LogP contribution is -2.51. The molecular formula is C15H31ClN2O3. The number of amides is 1. The number of halogens is 1. The third-order valence-electron chi connectivity index (χ3n) is 4.53. The first-order valence-electron chi connectivity index (χ1n) is 7.75. The fourth-order valence-corrected chi connectivity index (χ4v) is 3.00. The van der Waals surface area contributed by atoms with E-state index in [4.69, 9.17) is 4.74 Å². The van der Waals surface area contributed by atoms with Crippen molar-refractivity contribution in [2.45, 2.75) is 45.6 Å². The van der Waals surface area contributed by atoms with Gasteiger partial charge in [0.1, 0.15) is 0 Å². The molecule has 5 nitrogen and oxygen atoms in total. The van der Waals surface area contributed by atoms with E-state index in [1.54, 1.807) is 7.11 Å². The predicted octanol–water partition coefficient (Wildman–Crippen LogP) is 1.34. The second kappa shape index (κ2) is 10.4. The smallest absolute Gasteiger partial charge is 0.228 e. The summed E-state index contributed by atoms with van der Waals surface area (Å²) in [5, 5.41) is 16.3. The van der Waals surface area contributed by atoms with E-state index in [0.29, 0.717) is 13.2 Å². The highest BCUT2D eigenvalue weighted by molar-refractivity contribution is 5.85. The van der Waals surface area contributed by atoms with Gasteiger partial charge in [-0.05, 0) is 31.8 Å². The molecule has 1 amide bonds. The summed E-state index contributed by atoms with van der Waals surface area (Å²) >= 11 is 0. The summed E-state index contributed by atoms with van der Waals surface area (Å²) in [6, 6.07) is 0. The number of ether oxygens (including phenoxy) is 1. The van der Waals surface area contributed by atoms with Gasteiger partial charge in [-0.2, -0.15) is 0 Å². The average molecular weight is 323 g/mol. The Morgan fingerprint density at radius 2 is 1.90 bits per heavy atom. The van der Waals surface area contributed by atoms with Crippen molar-refractivity contribution in [2.24, 2.45) is 11.3 Å². The number of rotatable bonds is 8. The standard InChI is InChI=1S/C15H30N2O3.ClH/c1-4-12(5-2)13(18)10-17-14(19)15(11-20-3)6-8-16-9-7-15;/h12-13,16,18H,4-11H2,1-3H3,(H,17,19);1H. The van der Waals surface area contributed by atoms with E-state index in [1.165, 1.54) is 0 Å². The number of carbonyl (C=O) groups excluding carboxylic acids is 1. The predicted molar refractivity (Wildman–Crippen MR) is 86.7 cm³/mol. The van der Waals surface area contributed by atoms with E-state index in [2.05, 4.69) is 24.5 Å². The van der Waals surface area contributed by atoms with Crippen molar-refractivity contribution in [2.75, 3.05) is 33.4 Å². The van der Waals surface area contributed by atoms with E-state index in [1.807, 2.05) is 0 Å². The van der Waals surface area contributed by atoms with Gasteiger partial charge in [0.05, 0.1) is 18.1 Å². The minimum absolute atomic E-state index is 0. The third-order valence-corrected chi connectivity index (χ3v) is 4.53. The fourth-order valence-electron chi connectivity index (χ4n) is 3.00. The lowest BCUT2D eigenvalue weighted by molar-refractivity contribution is -0.136. The molecule has 21 heavy (non-hydrogen) atoms. The molecule has 1 rings (SSSR count). The molecule has 6 heteroatoms. The van der Waals surface area contributed by atoms with Crippen LogP contribution in [-0.4, -0.2) is 50.5 Å². The van der Waals surface area contributed by atoms with Crippen molar-refractivity contribution in [1.29, 1.82) is 0 Å². The van der Waals surface area contributed by atoms with Gasteiger partial charge in [-0.1, -0.05) is 26.7 Å². The second-order valence-electron chi connectivity index (χ2n) is 5.82. The van der Waals surface area contributed by atoms with Gasteiger partial charge >= 0.3 is 0 Å². The van der Waals surface area contributed by atoms with Crippen LogP contribution < -0.4 is 10.6 Å². The molecule has 0 aliphatic carbocycles. The molecule has 1 aliphatic rings. The Kier molecular flexibility index (Phi) is 10.2. The van der Waals surface area contributed by atoms with Gasteiger partial charge < -0.3 is 20.5 Å². The quantitative estimate of drug-likeness (QED) is 0.630. The lowest BCUT2D eigenvalue weighted by Gasteiger charge is -2.36. The van der Waals surface area contributed by atoms with Crippen LogP contribution >= 0.6 is 12.4 Å². The van der Waals surface area contributed by atoms with E-state index >= 15 is 0 Å². The molecule has 1 aliphatic heterocycles. The molecule has 0 aromatic heterocycles. The Morgan fingerprint density at radius 1 is 1.33 bits per heavy atom. The Bertz CT molecular complexity index is 287. The van der Waals surface area contributed by atoms with Crippen LogP contribution in [0.15, 0.2) is 0 Å². The summed E-state index contributed by atoms with van der Waals surface area (Å²) in [4.78, 5) is 12.5. The number of hydrogen-bond donors (Lipinski definition) is 3. The number of methoxy groups -OCH3 is 1. The van der Waals surface area contributed by atoms with Gasteiger partial charge in [-0.25, -0.2) is 0 Å². The first kappa shape index (κ1) is 20.6. The normalized spacial score (nSPS) is 18.9. The summed E-state index contributed by atoms with van der Waals surface area (Å²) in [5.74, 6) is 0.271. The topological polar surface area (TPSA) is 70.6 Å². The van der Waals surface area contributed by atoms with Crippen molar-refractivity contribution in [1.82, 2.24) is 10.6 Å². The van der Waals surface area contributed by atoms with Gasteiger partial charge in [0.15, 0.2) is 0 Å². The maximum atomic E-state index is 12.5. The SMILES string of the molecule is CCC(CC)C(O)CNC(=O)C1(COC)CCNCC1.Cl. The third kappa shape index (κ3) is 5.74. The molecule has 0 saturated carbocycles. The second-order valence-corrected chi connectivity index (χ2v) is 5.82. The molecule has 0 bridgehead atoms. The minimum Gasteiger partial charge on any atom is -0.391 e. The van der Waals surface area contributed by atoms with E-state index < -0.39 is 11.5 Å². The molecule has 1 atom stereocenters. The highest BCUT2D eigenvalue weighted by atomic mass is 35.5. The lowest BCUT2D eigenvalue weighted by atomic mass is 9.78. The zero-order chi connectivity index (χ0) is 15.0. The maximum absolute atomic E-state index is 12.5. The van der Waals surface area contributed by atoms with E-state index in [0.717, 1.165) is 38.8 Å². The van der Waals surface area contributed by atoms with Crippen molar-refractivity contribution in [3.05, 3.63) is 0 Å². The first-order valence-corrected chi connectivity index (χ1v) is 7.75. The maximum Gasteiger partial charge on any atom is 0.228 e. The molecule has 0 radical (unpaired) electrons.